The van der Waals surface area contributed by atoms with E-state index in [1.54, 1.807) is 36.5 Å². The molecule has 0 bridgehead atoms. The summed E-state index contributed by atoms with van der Waals surface area (Å²) >= 11 is 0. The zero-order valence-electron chi connectivity index (χ0n) is 11.6. The highest BCUT2D eigenvalue weighted by molar-refractivity contribution is 7.90. The van der Waals surface area contributed by atoms with Gasteiger partial charge in [0, 0.05) is 5.32 Å². The van der Waals surface area contributed by atoms with Crippen molar-refractivity contribution >= 4 is 23.4 Å². The van der Waals surface area contributed by atoms with Gasteiger partial charge >= 0.3 is 0 Å². The zero-order valence-corrected chi connectivity index (χ0v) is 13.4. The van der Waals surface area contributed by atoms with Crippen molar-refractivity contribution in [3.8, 4) is 0 Å². The predicted molar refractivity (Wildman–Crippen MR) is 79.0 cm³/mol. The third kappa shape index (κ3) is 2.64. The highest BCUT2D eigenvalue weighted by atomic mass is 32.2. The molecule has 0 unspecified atom stereocenters. The Morgan fingerprint density at radius 3 is 2.16 bits per heavy atom. The first-order chi connectivity index (χ1) is 8.73. The van der Waals surface area contributed by atoms with Crippen LogP contribution in [0.2, 0.25) is 19.6 Å². The summed E-state index contributed by atoms with van der Waals surface area (Å²) in [6.07, 6.45) is 1.55. The molecule has 2 rings (SSSR count). The standard InChI is InChI=1S/C13H18N2O2SSi/c1-11-5-7-12(8-6-11)18(16,17)15-13(9-10-14-15)19(2,3)4/h5-10H,1-4H3. The lowest BCUT2D eigenvalue weighted by Crippen LogP contribution is -2.45. The van der Waals surface area contributed by atoms with Gasteiger partial charge in [-0.15, -0.1) is 0 Å². The first-order valence-corrected chi connectivity index (χ1v) is 11.0. The number of aryl methyl sites for hydroxylation is 1. The fraction of sp³-hybridized carbons (Fsp3) is 0.308. The molecule has 0 aliphatic carbocycles. The predicted octanol–water partition coefficient (Wildman–Crippen LogP) is 1.97. The van der Waals surface area contributed by atoms with E-state index in [4.69, 9.17) is 0 Å². The van der Waals surface area contributed by atoms with E-state index in [2.05, 4.69) is 24.7 Å². The van der Waals surface area contributed by atoms with E-state index in [9.17, 15) is 8.42 Å². The van der Waals surface area contributed by atoms with E-state index < -0.39 is 18.1 Å². The van der Waals surface area contributed by atoms with Crippen LogP contribution in [0.5, 0.6) is 0 Å². The number of hydrogen-bond acceptors (Lipinski definition) is 3. The number of hydrogen-bond donors (Lipinski definition) is 0. The lowest BCUT2D eigenvalue weighted by atomic mass is 10.2. The summed E-state index contributed by atoms with van der Waals surface area (Å²) in [5.41, 5.74) is 1.03. The third-order valence-corrected chi connectivity index (χ3v) is 6.62. The quantitative estimate of drug-likeness (QED) is 0.813. The van der Waals surface area contributed by atoms with Gasteiger partial charge < -0.3 is 0 Å². The number of aromatic nitrogens is 2. The summed E-state index contributed by atoms with van der Waals surface area (Å²) in [5, 5.41) is 4.83. The first kappa shape index (κ1) is 14.0. The molecule has 19 heavy (non-hydrogen) atoms. The summed E-state index contributed by atoms with van der Waals surface area (Å²) in [6, 6.07) is 8.65. The van der Waals surface area contributed by atoms with Gasteiger partial charge in [0.25, 0.3) is 10.0 Å². The minimum Gasteiger partial charge on any atom is -0.199 e. The molecule has 0 amide bonds. The molecule has 0 radical (unpaired) electrons. The average molecular weight is 294 g/mol. The van der Waals surface area contributed by atoms with E-state index in [0.717, 1.165) is 10.9 Å². The molecule has 102 valence electrons. The third-order valence-electron chi connectivity index (χ3n) is 2.92. The molecule has 0 saturated carbocycles. The van der Waals surface area contributed by atoms with Crippen molar-refractivity contribution in [1.82, 2.24) is 9.19 Å². The summed E-state index contributed by atoms with van der Waals surface area (Å²) in [5.74, 6) is 0. The summed E-state index contributed by atoms with van der Waals surface area (Å²) in [6.45, 7) is 8.24. The topological polar surface area (TPSA) is 52.0 Å². The minimum atomic E-state index is -3.59. The van der Waals surface area contributed by atoms with Gasteiger partial charge in [-0.1, -0.05) is 37.3 Å². The van der Waals surface area contributed by atoms with Crippen molar-refractivity contribution in [2.75, 3.05) is 0 Å². The number of benzene rings is 1. The van der Waals surface area contributed by atoms with Gasteiger partial charge in [0.2, 0.25) is 0 Å². The molecular weight excluding hydrogens is 276 g/mol. The Morgan fingerprint density at radius 1 is 1.05 bits per heavy atom. The normalized spacial score (nSPS) is 12.6. The molecule has 2 aromatic rings. The molecule has 0 N–H and O–H groups in total. The Bertz CT molecular complexity index is 682. The molecule has 0 aliphatic heterocycles. The highest BCUT2D eigenvalue weighted by Gasteiger charge is 2.28. The molecule has 0 aliphatic rings. The van der Waals surface area contributed by atoms with Crippen LogP contribution in [-0.2, 0) is 10.0 Å². The van der Waals surface area contributed by atoms with Gasteiger partial charge in [-0.05, 0) is 25.1 Å². The van der Waals surface area contributed by atoms with Crippen LogP contribution in [0, 0.1) is 6.92 Å². The molecular formula is C13H18N2O2SSi. The Balaban J connectivity index is 2.58. The fourth-order valence-electron chi connectivity index (χ4n) is 1.83. The van der Waals surface area contributed by atoms with Crippen molar-refractivity contribution in [2.24, 2.45) is 0 Å². The molecule has 0 fully saturated rings. The van der Waals surface area contributed by atoms with Crippen molar-refractivity contribution in [1.29, 1.82) is 0 Å². The number of rotatable bonds is 3. The molecule has 1 aromatic heterocycles. The van der Waals surface area contributed by atoms with Crippen LogP contribution in [0.15, 0.2) is 41.4 Å². The second-order valence-corrected chi connectivity index (χ2v) is 12.4. The second-order valence-electron chi connectivity index (χ2n) is 5.63. The lowest BCUT2D eigenvalue weighted by molar-refractivity contribution is 0.581. The van der Waals surface area contributed by atoms with Crippen molar-refractivity contribution in [3.05, 3.63) is 42.1 Å². The Morgan fingerprint density at radius 2 is 1.63 bits per heavy atom. The molecule has 1 aromatic carbocycles. The van der Waals surface area contributed by atoms with Gasteiger partial charge in [-0.3, -0.25) is 0 Å². The van der Waals surface area contributed by atoms with E-state index in [-0.39, 0.29) is 4.90 Å². The van der Waals surface area contributed by atoms with Crippen molar-refractivity contribution < 1.29 is 8.42 Å². The molecule has 6 heteroatoms. The van der Waals surface area contributed by atoms with Crippen LogP contribution >= 0.6 is 0 Å². The van der Waals surface area contributed by atoms with Crippen LogP contribution in [0.1, 0.15) is 5.56 Å². The maximum absolute atomic E-state index is 12.6. The minimum absolute atomic E-state index is 0.279. The van der Waals surface area contributed by atoms with E-state index >= 15 is 0 Å². The smallest absolute Gasteiger partial charge is 0.199 e. The van der Waals surface area contributed by atoms with Crippen molar-refractivity contribution in [3.63, 3.8) is 0 Å². The first-order valence-electron chi connectivity index (χ1n) is 6.10. The molecule has 0 spiro atoms. The number of nitrogens with zero attached hydrogens (tertiary/aromatic N) is 2. The summed E-state index contributed by atoms with van der Waals surface area (Å²) in [4.78, 5) is 0.279. The van der Waals surface area contributed by atoms with Gasteiger partial charge in [-0.2, -0.15) is 17.6 Å². The van der Waals surface area contributed by atoms with Gasteiger partial charge in [0.15, 0.2) is 0 Å². The van der Waals surface area contributed by atoms with Crippen LogP contribution in [0.4, 0.5) is 0 Å². The maximum atomic E-state index is 12.6. The van der Waals surface area contributed by atoms with Gasteiger partial charge in [-0.25, -0.2) is 0 Å². The Hall–Kier alpha value is -1.40. The molecule has 0 saturated heterocycles. The van der Waals surface area contributed by atoms with Crippen LogP contribution in [0.25, 0.3) is 0 Å². The van der Waals surface area contributed by atoms with Crippen molar-refractivity contribution in [2.45, 2.75) is 31.5 Å². The zero-order chi connectivity index (χ0) is 14.3. The van der Waals surface area contributed by atoms with E-state index in [0.29, 0.717) is 0 Å². The molecule has 4 nitrogen and oxygen atoms in total. The van der Waals surface area contributed by atoms with E-state index in [1.165, 1.54) is 4.09 Å². The SMILES string of the molecule is Cc1ccc(S(=O)(=O)n2nccc2[Si](C)(C)C)cc1. The maximum Gasteiger partial charge on any atom is 0.282 e. The van der Waals surface area contributed by atoms with Crippen LogP contribution < -0.4 is 5.32 Å². The highest BCUT2D eigenvalue weighted by Crippen LogP contribution is 2.14. The van der Waals surface area contributed by atoms with E-state index in [1.807, 2.05) is 6.92 Å². The second kappa shape index (κ2) is 4.61. The summed E-state index contributed by atoms with van der Waals surface area (Å²) in [7, 11) is -5.34. The summed E-state index contributed by atoms with van der Waals surface area (Å²) < 4.78 is 26.4. The molecule has 0 atom stereocenters. The molecule has 1 heterocycles. The van der Waals surface area contributed by atoms with Gasteiger partial charge in [0.1, 0.15) is 8.07 Å². The monoisotopic (exact) mass is 294 g/mol. The lowest BCUT2D eigenvalue weighted by Gasteiger charge is -2.18. The Kier molecular flexibility index (Phi) is 3.40. The average Bonchev–Trinajstić information content (AvgIpc) is 2.78. The fourth-order valence-corrected chi connectivity index (χ4v) is 5.40. The van der Waals surface area contributed by atoms with Crippen LogP contribution in [-0.4, -0.2) is 25.7 Å². The Labute approximate surface area is 115 Å². The van der Waals surface area contributed by atoms with Gasteiger partial charge in [0.05, 0.1) is 11.1 Å². The van der Waals surface area contributed by atoms with Crippen LogP contribution in [0.3, 0.4) is 0 Å². The largest absolute Gasteiger partial charge is 0.282 e.